The Kier molecular flexibility index (Phi) is 3.68. The van der Waals surface area contributed by atoms with Gasteiger partial charge >= 0.3 is 7.60 Å². The van der Waals surface area contributed by atoms with Gasteiger partial charge in [0.1, 0.15) is 0 Å². The summed E-state index contributed by atoms with van der Waals surface area (Å²) in [6.45, 7) is 5.20. The Balaban J connectivity index is 2.73. The molecule has 4 nitrogen and oxygen atoms in total. The molecular weight excluding hydrogens is 215 g/mol. The van der Waals surface area contributed by atoms with Gasteiger partial charge in [0.05, 0.1) is 10.9 Å². The summed E-state index contributed by atoms with van der Waals surface area (Å²) >= 11 is 0. The van der Waals surface area contributed by atoms with Crippen LogP contribution in [-0.2, 0) is 14.1 Å². The molecule has 0 aliphatic carbocycles. The first-order valence-electron chi connectivity index (χ1n) is 4.57. The lowest BCUT2D eigenvalue weighted by atomic mass is 10.2. The van der Waals surface area contributed by atoms with Crippen LogP contribution >= 0.6 is 7.60 Å². The van der Waals surface area contributed by atoms with Gasteiger partial charge < -0.3 is 4.89 Å². The van der Waals surface area contributed by atoms with Crippen molar-refractivity contribution in [3.8, 4) is 0 Å². The molecule has 0 bridgehead atoms. The Labute approximate surface area is 89.3 Å². The summed E-state index contributed by atoms with van der Waals surface area (Å²) < 4.78 is 16.3. The standard InChI is InChI=1S/C10H15O4P/c1-10(2,3)13-14-15(11,12)9-7-5-4-6-8-9/h4-8H,1-3H3,(H,11,12). The van der Waals surface area contributed by atoms with Gasteiger partial charge in [-0.25, -0.2) is 4.89 Å². The van der Waals surface area contributed by atoms with Crippen molar-refractivity contribution >= 4 is 12.9 Å². The SMILES string of the molecule is CC(C)(C)OOP(=O)(O)c1ccccc1. The van der Waals surface area contributed by atoms with Crippen LogP contribution in [0.15, 0.2) is 30.3 Å². The molecule has 1 unspecified atom stereocenters. The van der Waals surface area contributed by atoms with Crippen LogP contribution in [0.3, 0.4) is 0 Å². The summed E-state index contributed by atoms with van der Waals surface area (Å²) in [4.78, 5) is 14.4. The van der Waals surface area contributed by atoms with Crippen LogP contribution in [0.5, 0.6) is 0 Å². The van der Waals surface area contributed by atoms with Crippen molar-refractivity contribution in [1.29, 1.82) is 0 Å². The van der Waals surface area contributed by atoms with E-state index in [0.29, 0.717) is 0 Å². The van der Waals surface area contributed by atoms with Crippen molar-refractivity contribution in [2.75, 3.05) is 0 Å². The van der Waals surface area contributed by atoms with Gasteiger partial charge in [-0.15, -0.1) is 4.67 Å². The van der Waals surface area contributed by atoms with Crippen LogP contribution in [-0.4, -0.2) is 10.5 Å². The third-order valence-electron chi connectivity index (χ3n) is 1.47. The minimum Gasteiger partial charge on any atom is -0.319 e. The molecule has 0 spiro atoms. The van der Waals surface area contributed by atoms with Gasteiger partial charge in [-0.1, -0.05) is 18.2 Å². The summed E-state index contributed by atoms with van der Waals surface area (Å²) in [6, 6.07) is 8.13. The molecule has 0 aliphatic rings. The van der Waals surface area contributed by atoms with E-state index in [1.54, 1.807) is 39.0 Å². The number of benzene rings is 1. The van der Waals surface area contributed by atoms with Crippen LogP contribution < -0.4 is 5.30 Å². The monoisotopic (exact) mass is 230 g/mol. The summed E-state index contributed by atoms with van der Waals surface area (Å²) in [7, 11) is -3.86. The molecule has 84 valence electrons. The first-order chi connectivity index (χ1) is 6.81. The molecule has 0 fully saturated rings. The Morgan fingerprint density at radius 2 is 1.73 bits per heavy atom. The lowest BCUT2D eigenvalue weighted by Gasteiger charge is -2.19. The Morgan fingerprint density at radius 1 is 1.20 bits per heavy atom. The van der Waals surface area contributed by atoms with Gasteiger partial charge in [0, 0.05) is 0 Å². The average molecular weight is 230 g/mol. The van der Waals surface area contributed by atoms with E-state index in [1.807, 2.05) is 0 Å². The molecule has 1 atom stereocenters. The van der Waals surface area contributed by atoms with Gasteiger partial charge in [-0.05, 0) is 32.9 Å². The predicted octanol–water partition coefficient (Wildman–Crippen LogP) is 2.24. The highest BCUT2D eigenvalue weighted by atomic mass is 31.2. The third-order valence-corrected chi connectivity index (χ3v) is 2.70. The second kappa shape index (κ2) is 4.45. The fraction of sp³-hybridized carbons (Fsp3) is 0.400. The molecule has 0 aromatic heterocycles. The maximum absolute atomic E-state index is 11.7. The number of rotatable bonds is 3. The highest BCUT2D eigenvalue weighted by Crippen LogP contribution is 2.41. The lowest BCUT2D eigenvalue weighted by molar-refractivity contribution is -0.278. The maximum Gasteiger partial charge on any atom is 0.385 e. The minimum atomic E-state index is -3.86. The normalized spacial score (nSPS) is 16.0. The van der Waals surface area contributed by atoms with Gasteiger partial charge in [0.25, 0.3) is 0 Å². The molecule has 1 rings (SSSR count). The zero-order valence-corrected chi connectivity index (χ0v) is 9.90. The quantitative estimate of drug-likeness (QED) is 0.491. The summed E-state index contributed by atoms with van der Waals surface area (Å²) in [5.41, 5.74) is -0.618. The second-order valence-corrected chi connectivity index (χ2v) is 5.83. The Hall–Kier alpha value is -0.670. The summed E-state index contributed by atoms with van der Waals surface area (Å²) in [5, 5.41) is 0.217. The largest absolute Gasteiger partial charge is 0.385 e. The van der Waals surface area contributed by atoms with Crippen molar-refractivity contribution in [2.45, 2.75) is 26.4 Å². The second-order valence-electron chi connectivity index (χ2n) is 4.13. The van der Waals surface area contributed by atoms with Crippen LogP contribution in [0.2, 0.25) is 0 Å². The van der Waals surface area contributed by atoms with E-state index in [0.717, 1.165) is 0 Å². The van der Waals surface area contributed by atoms with Crippen LogP contribution in [0.4, 0.5) is 0 Å². The summed E-state index contributed by atoms with van der Waals surface area (Å²) in [6.07, 6.45) is 0. The zero-order valence-electron chi connectivity index (χ0n) is 9.01. The molecule has 1 N–H and O–H groups in total. The molecule has 1 aromatic rings. The third kappa shape index (κ3) is 4.14. The van der Waals surface area contributed by atoms with Crippen molar-refractivity contribution in [3.05, 3.63) is 30.3 Å². The van der Waals surface area contributed by atoms with E-state index in [9.17, 15) is 9.46 Å². The number of hydrogen-bond donors (Lipinski definition) is 1. The van der Waals surface area contributed by atoms with E-state index in [-0.39, 0.29) is 5.30 Å². The van der Waals surface area contributed by atoms with Crippen molar-refractivity contribution in [3.63, 3.8) is 0 Å². The highest BCUT2D eigenvalue weighted by molar-refractivity contribution is 7.61. The van der Waals surface area contributed by atoms with Gasteiger partial charge in [-0.3, -0.25) is 4.57 Å². The van der Waals surface area contributed by atoms with E-state index < -0.39 is 13.2 Å². The highest BCUT2D eigenvalue weighted by Gasteiger charge is 2.26. The zero-order chi connectivity index (χ0) is 11.5. The van der Waals surface area contributed by atoms with Gasteiger partial charge in [0.15, 0.2) is 0 Å². The average Bonchev–Trinajstić information content (AvgIpc) is 2.16. The molecule has 0 amide bonds. The predicted molar refractivity (Wildman–Crippen MR) is 57.8 cm³/mol. The van der Waals surface area contributed by atoms with Crippen LogP contribution in [0.1, 0.15) is 20.8 Å². The molecule has 0 aliphatic heterocycles. The Bertz CT molecular complexity index is 355. The Morgan fingerprint density at radius 3 is 2.20 bits per heavy atom. The molecule has 0 saturated heterocycles. The molecule has 5 heteroatoms. The molecule has 1 aromatic carbocycles. The molecule has 15 heavy (non-hydrogen) atoms. The molecule has 0 saturated carbocycles. The van der Waals surface area contributed by atoms with Gasteiger partial charge in [-0.2, -0.15) is 0 Å². The molecule has 0 heterocycles. The minimum absolute atomic E-state index is 0.217. The van der Waals surface area contributed by atoms with E-state index in [4.69, 9.17) is 4.89 Å². The van der Waals surface area contributed by atoms with Crippen molar-refractivity contribution in [2.24, 2.45) is 0 Å². The molecule has 0 radical (unpaired) electrons. The van der Waals surface area contributed by atoms with E-state index >= 15 is 0 Å². The van der Waals surface area contributed by atoms with Gasteiger partial charge in [0.2, 0.25) is 0 Å². The fourth-order valence-electron chi connectivity index (χ4n) is 0.822. The maximum atomic E-state index is 11.7. The molecular formula is C10H15O4P. The first kappa shape index (κ1) is 12.4. The topological polar surface area (TPSA) is 55.8 Å². The summed E-state index contributed by atoms with van der Waals surface area (Å²) in [5.74, 6) is 0. The lowest BCUT2D eigenvalue weighted by Crippen LogP contribution is -2.20. The van der Waals surface area contributed by atoms with Crippen molar-refractivity contribution < 1.29 is 19.0 Å². The smallest absolute Gasteiger partial charge is 0.319 e. The fourth-order valence-corrected chi connectivity index (χ4v) is 1.78. The van der Waals surface area contributed by atoms with Crippen LogP contribution in [0, 0.1) is 0 Å². The number of hydrogen-bond acceptors (Lipinski definition) is 3. The van der Waals surface area contributed by atoms with E-state index in [1.165, 1.54) is 12.1 Å². The van der Waals surface area contributed by atoms with E-state index in [2.05, 4.69) is 4.67 Å². The van der Waals surface area contributed by atoms with Crippen LogP contribution in [0.25, 0.3) is 0 Å². The van der Waals surface area contributed by atoms with Crippen molar-refractivity contribution in [1.82, 2.24) is 0 Å². The first-order valence-corrected chi connectivity index (χ1v) is 6.15.